The maximum atomic E-state index is 14.4. The number of Topliss-reactive ketones (excluding diaryl/α,β-unsaturated/α-hetero) is 5. The molecule has 3 unspecified atom stereocenters. The summed E-state index contributed by atoms with van der Waals surface area (Å²) in [6.07, 6.45) is 0.249. The van der Waals surface area contributed by atoms with Gasteiger partial charge in [-0.05, 0) is 65.3 Å². The number of aliphatic hydroxyl groups is 1. The van der Waals surface area contributed by atoms with Gasteiger partial charge in [-0.25, -0.2) is 0 Å². The molecule has 3 aliphatic rings. The number of hydrogen-bond donors (Lipinski definition) is 2. The van der Waals surface area contributed by atoms with Gasteiger partial charge in [-0.15, -0.1) is 0 Å². The van der Waals surface area contributed by atoms with Crippen molar-refractivity contribution >= 4 is 28.9 Å². The Kier molecular flexibility index (Phi) is 6.58. The number of carbonyl (C=O) groups excluding carboxylic acids is 5. The van der Waals surface area contributed by atoms with Gasteiger partial charge in [0.1, 0.15) is 17.5 Å². The van der Waals surface area contributed by atoms with Gasteiger partial charge >= 0.3 is 0 Å². The van der Waals surface area contributed by atoms with E-state index in [1.807, 2.05) is 18.2 Å². The number of ketones is 5. The zero-order chi connectivity index (χ0) is 30.4. The molecule has 0 spiro atoms. The first-order valence-corrected chi connectivity index (χ1v) is 14.4. The lowest BCUT2D eigenvalue weighted by Crippen LogP contribution is -2.76. The molecule has 41 heavy (non-hydrogen) atoms. The number of benzene rings is 2. The molecule has 0 amide bonds. The van der Waals surface area contributed by atoms with Gasteiger partial charge in [-0.3, -0.25) is 24.0 Å². The quantitative estimate of drug-likeness (QED) is 0.512. The number of hydrogen-bond acceptors (Lipinski definition) is 7. The van der Waals surface area contributed by atoms with Gasteiger partial charge in [0, 0.05) is 11.3 Å². The van der Waals surface area contributed by atoms with Crippen LogP contribution in [0.2, 0.25) is 0 Å². The summed E-state index contributed by atoms with van der Waals surface area (Å²) in [5.41, 5.74) is -1.91. The lowest BCUT2D eigenvalue weighted by molar-refractivity contribution is -0.205. The maximum absolute atomic E-state index is 14.4. The van der Waals surface area contributed by atoms with Crippen LogP contribution in [-0.4, -0.2) is 44.7 Å². The SMILES string of the molecule is CC(=O)C1C(=O)C(C(C)C)[C@@]2(C)C[C@@]3(C)Cc4c(-c5cccc(C(C)C)c5)ccc(O)c4C(=O)C3C(=O)[C@@]2(O)C1=O. The Bertz CT molecular complexity index is 1530. The first-order valence-electron chi connectivity index (χ1n) is 14.4. The number of fused-ring (bicyclic) bond motifs is 3. The van der Waals surface area contributed by atoms with E-state index in [-0.39, 0.29) is 36.0 Å². The minimum absolute atomic E-state index is 0.0170. The topological polar surface area (TPSA) is 126 Å². The highest BCUT2D eigenvalue weighted by atomic mass is 16.3. The summed E-state index contributed by atoms with van der Waals surface area (Å²) in [4.78, 5) is 68.6. The smallest absolute Gasteiger partial charge is 0.190 e. The van der Waals surface area contributed by atoms with Gasteiger partial charge < -0.3 is 10.2 Å². The third kappa shape index (κ3) is 3.77. The van der Waals surface area contributed by atoms with Crippen molar-refractivity contribution in [1.29, 1.82) is 0 Å². The molecule has 216 valence electrons. The van der Waals surface area contributed by atoms with Gasteiger partial charge in [-0.2, -0.15) is 0 Å². The number of phenolic OH excluding ortho intramolecular Hbond substituents is 1. The van der Waals surface area contributed by atoms with Crippen molar-refractivity contribution in [1.82, 2.24) is 0 Å². The lowest BCUT2D eigenvalue weighted by atomic mass is 9.40. The van der Waals surface area contributed by atoms with E-state index in [1.165, 1.54) is 6.07 Å². The molecular weight excluding hydrogens is 520 g/mol. The molecule has 0 aliphatic heterocycles. The van der Waals surface area contributed by atoms with Crippen LogP contribution in [0.4, 0.5) is 0 Å². The maximum Gasteiger partial charge on any atom is 0.190 e. The Morgan fingerprint density at radius 2 is 1.63 bits per heavy atom. The van der Waals surface area contributed by atoms with Crippen molar-refractivity contribution in [2.75, 3.05) is 0 Å². The van der Waals surface area contributed by atoms with Crippen LogP contribution >= 0.6 is 0 Å². The van der Waals surface area contributed by atoms with Crippen molar-refractivity contribution < 1.29 is 34.2 Å². The highest BCUT2D eigenvalue weighted by Gasteiger charge is 2.76. The number of rotatable bonds is 4. The first kappa shape index (κ1) is 29.1. The predicted octanol–water partition coefficient (Wildman–Crippen LogP) is 4.88. The van der Waals surface area contributed by atoms with E-state index in [1.54, 1.807) is 33.8 Å². The average molecular weight is 559 g/mol. The van der Waals surface area contributed by atoms with Crippen molar-refractivity contribution in [2.45, 2.75) is 72.8 Å². The minimum Gasteiger partial charge on any atom is -0.507 e. The summed E-state index contributed by atoms with van der Waals surface area (Å²) in [7, 11) is 0. The molecule has 2 saturated carbocycles. The molecule has 2 N–H and O–H groups in total. The molecule has 6 atom stereocenters. The molecular formula is C34H38O7. The second-order valence-electron chi connectivity index (χ2n) is 13.6. The van der Waals surface area contributed by atoms with E-state index in [9.17, 15) is 34.2 Å². The fourth-order valence-corrected chi connectivity index (χ4v) is 8.47. The Labute approximate surface area is 240 Å². The summed E-state index contributed by atoms with van der Waals surface area (Å²) < 4.78 is 0. The van der Waals surface area contributed by atoms with E-state index in [2.05, 4.69) is 19.9 Å². The fraction of sp³-hybridized carbons (Fsp3) is 0.500. The first-order chi connectivity index (χ1) is 19.0. The molecule has 0 saturated heterocycles. The van der Waals surface area contributed by atoms with Crippen LogP contribution < -0.4 is 0 Å². The molecule has 2 fully saturated rings. The Morgan fingerprint density at radius 3 is 2.22 bits per heavy atom. The fourth-order valence-electron chi connectivity index (χ4n) is 8.47. The van der Waals surface area contributed by atoms with Crippen LogP contribution in [-0.2, 0) is 25.6 Å². The van der Waals surface area contributed by atoms with E-state index in [0.29, 0.717) is 5.56 Å². The van der Waals surface area contributed by atoms with E-state index >= 15 is 0 Å². The highest BCUT2D eigenvalue weighted by molar-refractivity contribution is 6.32. The van der Waals surface area contributed by atoms with Crippen LogP contribution in [0.1, 0.15) is 82.3 Å². The molecule has 7 heteroatoms. The van der Waals surface area contributed by atoms with Gasteiger partial charge in [-0.1, -0.05) is 71.9 Å². The second kappa shape index (κ2) is 9.28. The second-order valence-corrected chi connectivity index (χ2v) is 13.6. The van der Waals surface area contributed by atoms with Crippen molar-refractivity contribution in [3.63, 3.8) is 0 Å². The van der Waals surface area contributed by atoms with E-state index in [4.69, 9.17) is 0 Å². The summed E-state index contributed by atoms with van der Waals surface area (Å²) in [5, 5.41) is 23.0. The lowest BCUT2D eigenvalue weighted by Gasteiger charge is -2.61. The monoisotopic (exact) mass is 558 g/mol. The Hall–Kier alpha value is -3.45. The highest BCUT2D eigenvalue weighted by Crippen LogP contribution is 2.64. The normalized spacial score (nSPS) is 33.1. The van der Waals surface area contributed by atoms with Crippen LogP contribution in [0, 0.1) is 34.5 Å². The van der Waals surface area contributed by atoms with Crippen molar-refractivity contribution in [3.8, 4) is 16.9 Å². The molecule has 0 heterocycles. The summed E-state index contributed by atoms with van der Waals surface area (Å²) in [6, 6.07) is 11.2. The van der Waals surface area contributed by atoms with Crippen LogP contribution in [0.25, 0.3) is 11.1 Å². The summed E-state index contributed by atoms with van der Waals surface area (Å²) in [5.74, 6) is -8.59. The third-order valence-corrected chi connectivity index (χ3v) is 10.1. The number of phenols is 1. The van der Waals surface area contributed by atoms with Crippen LogP contribution in [0.15, 0.2) is 36.4 Å². The molecule has 0 radical (unpaired) electrons. The van der Waals surface area contributed by atoms with Crippen LogP contribution in [0.5, 0.6) is 5.75 Å². The van der Waals surface area contributed by atoms with Crippen molar-refractivity contribution in [2.24, 2.45) is 34.5 Å². The summed E-state index contributed by atoms with van der Waals surface area (Å²) >= 11 is 0. The zero-order valence-electron chi connectivity index (χ0n) is 24.7. The molecule has 0 aromatic heterocycles. The third-order valence-electron chi connectivity index (χ3n) is 10.1. The van der Waals surface area contributed by atoms with Gasteiger partial charge in [0.15, 0.2) is 28.7 Å². The van der Waals surface area contributed by atoms with Gasteiger partial charge in [0.2, 0.25) is 0 Å². The average Bonchev–Trinajstić information content (AvgIpc) is 2.86. The molecule has 2 aromatic carbocycles. The molecule has 7 nitrogen and oxygen atoms in total. The van der Waals surface area contributed by atoms with Crippen molar-refractivity contribution in [3.05, 3.63) is 53.1 Å². The number of carbonyl (C=O) groups is 5. The zero-order valence-corrected chi connectivity index (χ0v) is 24.7. The molecule has 3 aliphatic carbocycles. The minimum atomic E-state index is -2.69. The predicted molar refractivity (Wildman–Crippen MR) is 152 cm³/mol. The molecule has 5 rings (SSSR count). The molecule has 2 aromatic rings. The van der Waals surface area contributed by atoms with E-state index in [0.717, 1.165) is 23.6 Å². The summed E-state index contributed by atoms with van der Waals surface area (Å²) in [6.45, 7) is 12.2. The Morgan fingerprint density at radius 1 is 0.976 bits per heavy atom. The van der Waals surface area contributed by atoms with Gasteiger partial charge in [0.05, 0.1) is 11.5 Å². The van der Waals surface area contributed by atoms with Crippen LogP contribution in [0.3, 0.4) is 0 Å². The number of aromatic hydroxyl groups is 1. The van der Waals surface area contributed by atoms with E-state index < -0.39 is 63.1 Å². The largest absolute Gasteiger partial charge is 0.507 e. The molecule has 0 bridgehead atoms. The standard InChI is InChI=1S/C34H38O7/c1-16(2)19-9-8-10-20(13-19)21-11-12-23(36)25-22(21)14-32(6)15-33(7)26(17(3)4)28(37)24(18(5)35)30(39)34(33,41)31(40)27(32)29(25)38/h8-13,16-17,24,26-27,36,41H,14-15H2,1-7H3/t24?,26?,27?,32-,33-,34+/m1/s1. The Balaban J connectivity index is 1.74. The van der Waals surface area contributed by atoms with Gasteiger partial charge in [0.25, 0.3) is 0 Å².